The fraction of sp³-hybridized carbons (Fsp3) is 0.727. The van der Waals surface area contributed by atoms with E-state index < -0.39 is 0 Å². The van der Waals surface area contributed by atoms with Crippen LogP contribution in [0.15, 0.2) is 17.1 Å². The summed E-state index contributed by atoms with van der Waals surface area (Å²) in [7, 11) is 1.85. The van der Waals surface area contributed by atoms with Crippen LogP contribution in [-0.2, 0) is 0 Å². The molecule has 0 aromatic rings. The zero-order chi connectivity index (χ0) is 10.1. The van der Waals surface area contributed by atoms with Crippen molar-refractivity contribution in [1.82, 2.24) is 4.90 Å². The molecule has 0 atom stereocenters. The summed E-state index contributed by atoms with van der Waals surface area (Å²) in [5.74, 6) is 1.10. The highest BCUT2D eigenvalue weighted by Crippen LogP contribution is 1.98. The van der Waals surface area contributed by atoms with E-state index in [0.29, 0.717) is 0 Å². The van der Waals surface area contributed by atoms with Gasteiger partial charge in [-0.3, -0.25) is 4.99 Å². The minimum atomic E-state index is 1.04. The first-order valence-electron chi connectivity index (χ1n) is 5.14. The van der Waals surface area contributed by atoms with Gasteiger partial charge in [-0.05, 0) is 26.3 Å². The number of rotatable bonds is 5. The molecule has 0 unspecified atom stereocenters. The minimum absolute atomic E-state index is 1.04. The maximum absolute atomic E-state index is 4.26. The van der Waals surface area contributed by atoms with Crippen molar-refractivity contribution in [3.63, 3.8) is 0 Å². The van der Waals surface area contributed by atoms with E-state index >= 15 is 0 Å². The van der Waals surface area contributed by atoms with Crippen molar-refractivity contribution in [2.24, 2.45) is 4.99 Å². The molecule has 0 aliphatic heterocycles. The van der Waals surface area contributed by atoms with Gasteiger partial charge < -0.3 is 4.90 Å². The highest BCUT2D eigenvalue weighted by atomic mass is 15.2. The van der Waals surface area contributed by atoms with Crippen LogP contribution in [0.3, 0.4) is 0 Å². The number of amidine groups is 1. The van der Waals surface area contributed by atoms with Crippen molar-refractivity contribution in [2.45, 2.75) is 33.6 Å². The number of hydrogen-bond donors (Lipinski definition) is 0. The van der Waals surface area contributed by atoms with Crippen LogP contribution >= 0.6 is 0 Å². The Morgan fingerprint density at radius 3 is 2.46 bits per heavy atom. The number of hydrogen-bond acceptors (Lipinski definition) is 1. The zero-order valence-electron chi connectivity index (χ0n) is 9.38. The van der Waals surface area contributed by atoms with Crippen molar-refractivity contribution in [1.29, 1.82) is 0 Å². The van der Waals surface area contributed by atoms with Gasteiger partial charge in [0.15, 0.2) is 0 Å². The monoisotopic (exact) mass is 182 g/mol. The van der Waals surface area contributed by atoms with E-state index in [1.165, 1.54) is 12.8 Å². The van der Waals surface area contributed by atoms with Crippen LogP contribution in [0.1, 0.15) is 33.6 Å². The fourth-order valence-corrected chi connectivity index (χ4v) is 1.25. The Labute approximate surface area is 82.4 Å². The Morgan fingerprint density at radius 1 is 1.38 bits per heavy atom. The number of nitrogens with zero attached hydrogens (tertiary/aromatic N) is 2. The summed E-state index contributed by atoms with van der Waals surface area (Å²) in [6, 6.07) is 0. The lowest BCUT2D eigenvalue weighted by Crippen LogP contribution is -2.30. The molecule has 0 rings (SSSR count). The van der Waals surface area contributed by atoms with Crippen molar-refractivity contribution in [3.05, 3.63) is 12.2 Å². The SMILES string of the molecule is C/C=C\C(=NC)N(CC)CCCC. The number of allylic oxidation sites excluding steroid dienone is 1. The Kier molecular flexibility index (Phi) is 7.36. The van der Waals surface area contributed by atoms with Gasteiger partial charge in [-0.25, -0.2) is 0 Å². The Hall–Kier alpha value is -0.790. The van der Waals surface area contributed by atoms with E-state index in [-0.39, 0.29) is 0 Å². The van der Waals surface area contributed by atoms with E-state index in [1.54, 1.807) is 0 Å². The first-order valence-corrected chi connectivity index (χ1v) is 5.14. The van der Waals surface area contributed by atoms with Crippen molar-refractivity contribution < 1.29 is 0 Å². The van der Waals surface area contributed by atoms with Crippen LogP contribution < -0.4 is 0 Å². The molecule has 0 N–H and O–H groups in total. The maximum atomic E-state index is 4.26. The van der Waals surface area contributed by atoms with Crippen molar-refractivity contribution in [3.8, 4) is 0 Å². The molecule has 0 aliphatic carbocycles. The molecule has 76 valence electrons. The average molecular weight is 182 g/mol. The molecule has 0 aromatic heterocycles. The molecule has 0 heterocycles. The third kappa shape index (κ3) is 4.71. The lowest BCUT2D eigenvalue weighted by molar-refractivity contribution is 0.429. The molecule has 0 saturated heterocycles. The molecule has 2 nitrogen and oxygen atoms in total. The molecule has 0 radical (unpaired) electrons. The molecular formula is C11H22N2. The van der Waals surface area contributed by atoms with Crippen LogP contribution in [-0.4, -0.2) is 30.9 Å². The number of likely N-dealkylation sites (N-methyl/N-ethyl adjacent to an activating group) is 1. The van der Waals surface area contributed by atoms with Crippen LogP contribution in [0.4, 0.5) is 0 Å². The Morgan fingerprint density at radius 2 is 2.08 bits per heavy atom. The van der Waals surface area contributed by atoms with Crippen LogP contribution in [0.5, 0.6) is 0 Å². The largest absolute Gasteiger partial charge is 0.357 e. The summed E-state index contributed by atoms with van der Waals surface area (Å²) in [6.45, 7) is 8.57. The first kappa shape index (κ1) is 12.2. The summed E-state index contributed by atoms with van der Waals surface area (Å²) < 4.78 is 0. The average Bonchev–Trinajstić information content (AvgIpc) is 2.17. The molecule has 0 amide bonds. The van der Waals surface area contributed by atoms with Crippen LogP contribution in [0, 0.1) is 0 Å². The van der Waals surface area contributed by atoms with Crippen molar-refractivity contribution in [2.75, 3.05) is 20.1 Å². The van der Waals surface area contributed by atoms with Gasteiger partial charge in [0, 0.05) is 20.1 Å². The fourth-order valence-electron chi connectivity index (χ4n) is 1.25. The second kappa shape index (κ2) is 7.84. The van der Waals surface area contributed by atoms with E-state index in [0.717, 1.165) is 18.9 Å². The highest BCUT2D eigenvalue weighted by molar-refractivity contribution is 5.92. The standard InChI is InChI=1S/C11H22N2/c1-5-8-10-13(7-3)11(12-4)9-6-2/h6,9H,5,7-8,10H2,1-4H3/b9-6-,12-11?. The Bertz CT molecular complexity index is 171. The van der Waals surface area contributed by atoms with E-state index in [9.17, 15) is 0 Å². The van der Waals surface area contributed by atoms with Crippen LogP contribution in [0.2, 0.25) is 0 Å². The van der Waals surface area contributed by atoms with Crippen molar-refractivity contribution >= 4 is 5.84 Å². The molecule has 2 heteroatoms. The lowest BCUT2D eigenvalue weighted by atomic mass is 10.3. The second-order valence-corrected chi connectivity index (χ2v) is 3.02. The molecule has 0 spiro atoms. The number of aliphatic imine (C=N–C) groups is 1. The van der Waals surface area contributed by atoms with Crippen LogP contribution in [0.25, 0.3) is 0 Å². The summed E-state index contributed by atoms with van der Waals surface area (Å²) in [6.07, 6.45) is 6.59. The van der Waals surface area contributed by atoms with E-state index in [2.05, 4.69) is 29.8 Å². The molecule has 0 bridgehead atoms. The topological polar surface area (TPSA) is 15.6 Å². The quantitative estimate of drug-likeness (QED) is 0.471. The van der Waals surface area contributed by atoms with E-state index in [1.807, 2.05) is 20.0 Å². The smallest absolute Gasteiger partial charge is 0.122 e. The van der Waals surface area contributed by atoms with Gasteiger partial charge in [0.2, 0.25) is 0 Å². The predicted molar refractivity (Wildman–Crippen MR) is 60.3 cm³/mol. The maximum Gasteiger partial charge on any atom is 0.122 e. The van der Waals surface area contributed by atoms with Gasteiger partial charge in [-0.1, -0.05) is 19.4 Å². The third-order valence-electron chi connectivity index (χ3n) is 2.03. The van der Waals surface area contributed by atoms with Gasteiger partial charge in [0.25, 0.3) is 0 Å². The predicted octanol–water partition coefficient (Wildman–Crippen LogP) is 2.71. The molecule has 0 saturated carbocycles. The van der Waals surface area contributed by atoms with Gasteiger partial charge in [-0.15, -0.1) is 0 Å². The van der Waals surface area contributed by atoms with Gasteiger partial charge in [0.1, 0.15) is 5.84 Å². The molecule has 13 heavy (non-hydrogen) atoms. The molecule has 0 aliphatic rings. The van der Waals surface area contributed by atoms with Gasteiger partial charge in [0.05, 0.1) is 0 Å². The first-order chi connectivity index (χ1) is 6.29. The molecule has 0 fully saturated rings. The number of unbranched alkanes of at least 4 members (excludes halogenated alkanes) is 1. The Balaban J connectivity index is 4.18. The summed E-state index contributed by atoms with van der Waals surface area (Å²) >= 11 is 0. The molecule has 0 aromatic carbocycles. The molecular weight excluding hydrogens is 160 g/mol. The minimum Gasteiger partial charge on any atom is -0.357 e. The van der Waals surface area contributed by atoms with Gasteiger partial charge in [-0.2, -0.15) is 0 Å². The third-order valence-corrected chi connectivity index (χ3v) is 2.03. The zero-order valence-corrected chi connectivity index (χ0v) is 9.38. The summed E-state index contributed by atoms with van der Waals surface area (Å²) in [5.41, 5.74) is 0. The lowest BCUT2D eigenvalue weighted by Gasteiger charge is -2.22. The van der Waals surface area contributed by atoms with E-state index in [4.69, 9.17) is 0 Å². The summed E-state index contributed by atoms with van der Waals surface area (Å²) in [5, 5.41) is 0. The summed E-state index contributed by atoms with van der Waals surface area (Å²) in [4.78, 5) is 6.57. The highest BCUT2D eigenvalue weighted by Gasteiger charge is 2.03. The second-order valence-electron chi connectivity index (χ2n) is 3.02. The van der Waals surface area contributed by atoms with Gasteiger partial charge >= 0.3 is 0 Å². The normalized spacial score (nSPS) is 12.5.